The summed E-state index contributed by atoms with van der Waals surface area (Å²) in [6.45, 7) is 13.7. The van der Waals surface area contributed by atoms with Gasteiger partial charge >= 0.3 is 0 Å². The molecule has 1 fully saturated rings. The lowest BCUT2D eigenvalue weighted by Crippen LogP contribution is -2.26. The predicted molar refractivity (Wildman–Crippen MR) is 93.9 cm³/mol. The van der Waals surface area contributed by atoms with Crippen molar-refractivity contribution in [2.75, 3.05) is 13.1 Å². The Morgan fingerprint density at radius 2 is 2.14 bits per heavy atom. The zero-order chi connectivity index (χ0) is 15.2. The Morgan fingerprint density at radius 3 is 2.76 bits per heavy atom. The molecule has 0 saturated heterocycles. The molecule has 0 atom stereocenters. The first kappa shape index (κ1) is 17.0. The van der Waals surface area contributed by atoms with E-state index in [-0.39, 0.29) is 0 Å². The Hall–Kier alpha value is -0.380. The average molecular weight is 309 g/mol. The minimum atomic E-state index is 0.727. The summed E-state index contributed by atoms with van der Waals surface area (Å²) in [5, 5.41) is 3.56. The number of nitrogens with one attached hydrogen (secondary N) is 1. The Morgan fingerprint density at radius 1 is 1.38 bits per heavy atom. The van der Waals surface area contributed by atoms with Gasteiger partial charge in [0.1, 0.15) is 0 Å². The fourth-order valence-corrected chi connectivity index (χ4v) is 3.75. The highest BCUT2D eigenvalue weighted by Gasteiger charge is 2.28. The zero-order valence-corrected chi connectivity index (χ0v) is 15.1. The van der Waals surface area contributed by atoms with Gasteiger partial charge in [-0.1, -0.05) is 27.2 Å². The van der Waals surface area contributed by atoms with Gasteiger partial charge in [0.15, 0.2) is 0 Å². The Balaban J connectivity index is 1.88. The first-order valence-electron chi connectivity index (χ1n) is 8.63. The van der Waals surface area contributed by atoms with E-state index < -0.39 is 0 Å². The molecule has 1 saturated carbocycles. The molecule has 1 aromatic heterocycles. The molecule has 1 aliphatic rings. The molecule has 0 aliphatic heterocycles. The molecule has 0 bridgehead atoms. The van der Waals surface area contributed by atoms with Crippen LogP contribution in [0, 0.1) is 12.8 Å². The van der Waals surface area contributed by atoms with Crippen LogP contribution < -0.4 is 5.32 Å². The maximum Gasteiger partial charge on any atom is 0.0300 e. The summed E-state index contributed by atoms with van der Waals surface area (Å²) in [5.74, 6) is 0.727. The van der Waals surface area contributed by atoms with Crippen LogP contribution in [0.3, 0.4) is 0 Å². The molecule has 2 rings (SSSR count). The van der Waals surface area contributed by atoms with E-state index in [1.807, 2.05) is 11.3 Å². The second-order valence-electron chi connectivity index (χ2n) is 6.87. The topological polar surface area (TPSA) is 15.3 Å². The number of hydrogen-bond donors (Lipinski definition) is 1. The van der Waals surface area contributed by atoms with Crippen LogP contribution in [0.5, 0.6) is 0 Å². The summed E-state index contributed by atoms with van der Waals surface area (Å²) in [7, 11) is 0. The average Bonchev–Trinajstić information content (AvgIpc) is 3.20. The highest BCUT2D eigenvalue weighted by Crippen LogP contribution is 2.31. The van der Waals surface area contributed by atoms with Gasteiger partial charge in [-0.2, -0.15) is 0 Å². The van der Waals surface area contributed by atoms with Crippen molar-refractivity contribution in [2.24, 2.45) is 5.92 Å². The van der Waals surface area contributed by atoms with E-state index in [0.29, 0.717) is 0 Å². The van der Waals surface area contributed by atoms with E-state index in [0.717, 1.165) is 31.6 Å². The fraction of sp³-hybridized carbons (Fsp3) is 0.778. The number of aryl methyl sites for hydroxylation is 1. The van der Waals surface area contributed by atoms with E-state index in [2.05, 4.69) is 44.0 Å². The van der Waals surface area contributed by atoms with Crippen LogP contribution in [0.15, 0.2) is 6.07 Å². The molecule has 0 radical (unpaired) electrons. The molecule has 21 heavy (non-hydrogen) atoms. The minimum Gasteiger partial charge on any atom is -0.312 e. The molecule has 1 N–H and O–H groups in total. The van der Waals surface area contributed by atoms with Gasteiger partial charge in [-0.05, 0) is 56.8 Å². The molecule has 1 heterocycles. The molecule has 0 aromatic carbocycles. The zero-order valence-electron chi connectivity index (χ0n) is 14.2. The summed E-state index contributed by atoms with van der Waals surface area (Å²) in [6, 6.07) is 3.31. The van der Waals surface area contributed by atoms with E-state index in [4.69, 9.17) is 0 Å². The number of hydrogen-bond acceptors (Lipinski definition) is 3. The van der Waals surface area contributed by atoms with Gasteiger partial charge in [0.2, 0.25) is 0 Å². The molecule has 0 amide bonds. The van der Waals surface area contributed by atoms with Crippen molar-refractivity contribution in [3.8, 4) is 0 Å². The maximum atomic E-state index is 3.56. The number of unbranched alkanes of at least 4 members (excludes halogenated alkanes) is 1. The number of thiophene rings is 1. The van der Waals surface area contributed by atoms with Gasteiger partial charge in [-0.15, -0.1) is 11.3 Å². The van der Waals surface area contributed by atoms with Gasteiger partial charge in [-0.25, -0.2) is 0 Å². The first-order valence-corrected chi connectivity index (χ1v) is 9.44. The Bertz CT molecular complexity index is 421. The third-order valence-electron chi connectivity index (χ3n) is 4.16. The second-order valence-corrected chi connectivity index (χ2v) is 8.21. The first-order chi connectivity index (χ1) is 10.1. The van der Waals surface area contributed by atoms with Crippen LogP contribution in [-0.2, 0) is 13.1 Å². The van der Waals surface area contributed by atoms with Crippen molar-refractivity contribution in [1.29, 1.82) is 0 Å². The summed E-state index contributed by atoms with van der Waals surface area (Å²) in [5.41, 5.74) is 1.56. The van der Waals surface area contributed by atoms with Crippen molar-refractivity contribution in [2.45, 2.75) is 72.5 Å². The quantitative estimate of drug-likeness (QED) is 0.681. The molecule has 0 spiro atoms. The van der Waals surface area contributed by atoms with Gasteiger partial charge in [0, 0.05) is 28.9 Å². The molecule has 1 aliphatic carbocycles. The Labute approximate surface area is 134 Å². The van der Waals surface area contributed by atoms with Crippen LogP contribution >= 0.6 is 11.3 Å². The lowest BCUT2D eigenvalue weighted by molar-refractivity contribution is 0.250. The lowest BCUT2D eigenvalue weighted by Gasteiger charge is -2.21. The van der Waals surface area contributed by atoms with Crippen molar-refractivity contribution in [3.05, 3.63) is 21.4 Å². The van der Waals surface area contributed by atoms with Crippen molar-refractivity contribution in [1.82, 2.24) is 10.2 Å². The van der Waals surface area contributed by atoms with Crippen molar-refractivity contribution >= 4 is 11.3 Å². The molecule has 1 aromatic rings. The summed E-state index contributed by atoms with van der Waals surface area (Å²) < 4.78 is 0. The standard InChI is InChI=1S/C18H32N2S/c1-5-6-9-20(17-7-8-17)13-16-10-18(21-15(16)4)12-19-11-14(2)3/h10,14,17,19H,5-9,11-13H2,1-4H3. The molecule has 3 heteroatoms. The van der Waals surface area contributed by atoms with E-state index in [9.17, 15) is 0 Å². The van der Waals surface area contributed by atoms with E-state index in [1.54, 1.807) is 5.56 Å². The maximum absolute atomic E-state index is 3.56. The summed E-state index contributed by atoms with van der Waals surface area (Å²) in [6.07, 6.45) is 5.46. The molecule has 0 unspecified atom stereocenters. The predicted octanol–water partition coefficient (Wildman–Crippen LogP) is 4.57. The van der Waals surface area contributed by atoms with Crippen LogP contribution in [0.4, 0.5) is 0 Å². The SMILES string of the molecule is CCCCN(Cc1cc(CNCC(C)C)sc1C)C1CC1. The minimum absolute atomic E-state index is 0.727. The third kappa shape index (κ3) is 5.72. The number of nitrogens with zero attached hydrogens (tertiary/aromatic N) is 1. The van der Waals surface area contributed by atoms with Crippen LogP contribution in [-0.4, -0.2) is 24.0 Å². The van der Waals surface area contributed by atoms with E-state index in [1.165, 1.54) is 42.0 Å². The third-order valence-corrected chi connectivity index (χ3v) is 5.25. The summed E-state index contributed by atoms with van der Waals surface area (Å²) >= 11 is 1.97. The monoisotopic (exact) mass is 308 g/mol. The molecule has 2 nitrogen and oxygen atoms in total. The van der Waals surface area contributed by atoms with Crippen LogP contribution in [0.1, 0.15) is 61.8 Å². The lowest BCUT2D eigenvalue weighted by atomic mass is 10.2. The summed E-state index contributed by atoms with van der Waals surface area (Å²) in [4.78, 5) is 5.72. The van der Waals surface area contributed by atoms with Crippen LogP contribution in [0.2, 0.25) is 0 Å². The van der Waals surface area contributed by atoms with Gasteiger partial charge in [0.05, 0.1) is 0 Å². The van der Waals surface area contributed by atoms with Gasteiger partial charge in [0.25, 0.3) is 0 Å². The second kappa shape index (κ2) is 8.30. The largest absolute Gasteiger partial charge is 0.312 e. The van der Waals surface area contributed by atoms with Crippen LogP contribution in [0.25, 0.3) is 0 Å². The van der Waals surface area contributed by atoms with E-state index >= 15 is 0 Å². The van der Waals surface area contributed by atoms with Crippen molar-refractivity contribution in [3.63, 3.8) is 0 Å². The van der Waals surface area contributed by atoms with Gasteiger partial charge in [-0.3, -0.25) is 4.90 Å². The number of rotatable bonds is 10. The fourth-order valence-electron chi connectivity index (χ4n) is 2.73. The molecular formula is C18H32N2S. The van der Waals surface area contributed by atoms with Crippen molar-refractivity contribution < 1.29 is 0 Å². The Kier molecular flexibility index (Phi) is 6.72. The smallest absolute Gasteiger partial charge is 0.0300 e. The van der Waals surface area contributed by atoms with Gasteiger partial charge < -0.3 is 5.32 Å². The molecular weight excluding hydrogens is 276 g/mol. The molecule has 120 valence electrons. The normalized spacial score (nSPS) is 15.3. The highest BCUT2D eigenvalue weighted by atomic mass is 32.1. The highest BCUT2D eigenvalue weighted by molar-refractivity contribution is 7.12.